The number of halogens is 2. The molecule has 0 radical (unpaired) electrons. The second kappa shape index (κ2) is 4.33. The Hall–Kier alpha value is -0.220. The molecule has 1 aliphatic rings. The third kappa shape index (κ3) is 3.19. The Morgan fingerprint density at radius 1 is 1.31 bits per heavy atom. The molecule has 1 N–H and O–H groups in total. The van der Waals surface area contributed by atoms with Gasteiger partial charge in [0.25, 0.3) is 5.92 Å². The monoisotopic (exact) mass is 192 g/mol. The summed E-state index contributed by atoms with van der Waals surface area (Å²) in [5, 5.41) is 3.14. The molecule has 0 aromatic rings. The van der Waals surface area contributed by atoms with Crippen LogP contribution in [0.3, 0.4) is 0 Å². The molecule has 78 valence electrons. The van der Waals surface area contributed by atoms with E-state index in [0.717, 1.165) is 26.2 Å². The number of nitrogens with zero attached hydrogens (tertiary/aromatic N) is 1. The first-order valence-corrected chi connectivity index (χ1v) is 4.83. The van der Waals surface area contributed by atoms with Gasteiger partial charge < -0.3 is 5.32 Å². The molecule has 0 aromatic carbocycles. The van der Waals surface area contributed by atoms with E-state index in [0.29, 0.717) is 0 Å². The lowest BCUT2D eigenvalue weighted by atomic mass is 10.1. The molecule has 1 fully saturated rings. The summed E-state index contributed by atoms with van der Waals surface area (Å²) >= 11 is 0. The molecule has 0 atom stereocenters. The topological polar surface area (TPSA) is 15.3 Å². The number of rotatable bonds is 3. The first kappa shape index (κ1) is 10.9. The first-order valence-electron chi connectivity index (χ1n) is 4.83. The van der Waals surface area contributed by atoms with E-state index in [4.69, 9.17) is 0 Å². The van der Waals surface area contributed by atoms with Crippen molar-refractivity contribution in [2.75, 3.05) is 32.7 Å². The predicted octanol–water partition coefficient (Wildman–Crippen LogP) is 1.18. The van der Waals surface area contributed by atoms with E-state index in [1.54, 1.807) is 13.8 Å². The summed E-state index contributed by atoms with van der Waals surface area (Å²) in [6.45, 7) is 6.18. The molecule has 0 spiro atoms. The van der Waals surface area contributed by atoms with Crippen LogP contribution in [0.15, 0.2) is 0 Å². The van der Waals surface area contributed by atoms with Crippen molar-refractivity contribution < 1.29 is 8.78 Å². The van der Waals surface area contributed by atoms with Crippen LogP contribution in [0.5, 0.6) is 0 Å². The van der Waals surface area contributed by atoms with Crippen LogP contribution >= 0.6 is 0 Å². The molecular formula is C9H18F2N2. The number of hydrogen-bond acceptors (Lipinski definition) is 2. The molecule has 0 amide bonds. The van der Waals surface area contributed by atoms with Gasteiger partial charge in [0, 0.05) is 32.1 Å². The van der Waals surface area contributed by atoms with Gasteiger partial charge in [0.2, 0.25) is 0 Å². The third-order valence-corrected chi connectivity index (χ3v) is 2.49. The maximum absolute atomic E-state index is 13.3. The Morgan fingerprint density at radius 3 is 2.31 bits per heavy atom. The zero-order valence-corrected chi connectivity index (χ0v) is 8.32. The highest BCUT2D eigenvalue weighted by atomic mass is 19.3. The van der Waals surface area contributed by atoms with Crippen molar-refractivity contribution >= 4 is 0 Å². The number of nitrogens with one attached hydrogen (secondary N) is 1. The minimum Gasteiger partial charge on any atom is -0.314 e. The summed E-state index contributed by atoms with van der Waals surface area (Å²) in [6, 6.07) is 0. The Kier molecular flexibility index (Phi) is 3.62. The van der Waals surface area contributed by atoms with Crippen molar-refractivity contribution in [2.24, 2.45) is 5.92 Å². The quantitative estimate of drug-likeness (QED) is 0.722. The van der Waals surface area contributed by atoms with Crippen molar-refractivity contribution in [1.82, 2.24) is 10.2 Å². The highest BCUT2D eigenvalue weighted by Crippen LogP contribution is 2.24. The normalized spacial score (nSPS) is 21.0. The van der Waals surface area contributed by atoms with Crippen LogP contribution in [0, 0.1) is 5.92 Å². The summed E-state index contributed by atoms with van der Waals surface area (Å²) in [5.41, 5.74) is 0. The SMILES string of the molecule is CC(C)C(F)(F)CN1CCNCC1. The standard InChI is InChI=1S/C9H18F2N2/c1-8(2)9(10,11)7-13-5-3-12-4-6-13/h8,12H,3-7H2,1-2H3. The van der Waals surface area contributed by atoms with Gasteiger partial charge in [0.05, 0.1) is 6.54 Å². The molecule has 0 aliphatic carbocycles. The van der Waals surface area contributed by atoms with Crippen molar-refractivity contribution in [3.8, 4) is 0 Å². The maximum atomic E-state index is 13.3. The second-order valence-electron chi connectivity index (χ2n) is 3.94. The number of alkyl halides is 2. The van der Waals surface area contributed by atoms with Crippen molar-refractivity contribution in [3.05, 3.63) is 0 Å². The van der Waals surface area contributed by atoms with E-state index in [9.17, 15) is 8.78 Å². The molecular weight excluding hydrogens is 174 g/mol. The van der Waals surface area contributed by atoms with Crippen LogP contribution in [0.2, 0.25) is 0 Å². The van der Waals surface area contributed by atoms with Gasteiger partial charge in [0.15, 0.2) is 0 Å². The van der Waals surface area contributed by atoms with Crippen LogP contribution in [-0.2, 0) is 0 Å². The Morgan fingerprint density at radius 2 is 1.85 bits per heavy atom. The van der Waals surface area contributed by atoms with Gasteiger partial charge in [-0.2, -0.15) is 0 Å². The summed E-state index contributed by atoms with van der Waals surface area (Å²) in [4.78, 5) is 1.83. The average molecular weight is 192 g/mol. The number of hydrogen-bond donors (Lipinski definition) is 1. The first-order chi connectivity index (χ1) is 6.02. The van der Waals surface area contributed by atoms with E-state index < -0.39 is 11.8 Å². The van der Waals surface area contributed by atoms with Gasteiger partial charge in [0.1, 0.15) is 0 Å². The third-order valence-electron chi connectivity index (χ3n) is 2.49. The smallest absolute Gasteiger partial charge is 0.262 e. The van der Waals surface area contributed by atoms with Gasteiger partial charge in [-0.3, -0.25) is 4.90 Å². The van der Waals surface area contributed by atoms with Crippen molar-refractivity contribution in [2.45, 2.75) is 19.8 Å². The molecule has 0 aromatic heterocycles. The summed E-state index contributed by atoms with van der Waals surface area (Å²) in [6.07, 6.45) is 0. The molecule has 4 heteroatoms. The van der Waals surface area contributed by atoms with Crippen molar-refractivity contribution in [3.63, 3.8) is 0 Å². The Bertz CT molecular complexity index is 154. The van der Waals surface area contributed by atoms with Gasteiger partial charge in [-0.15, -0.1) is 0 Å². The summed E-state index contributed by atoms with van der Waals surface area (Å²) in [7, 11) is 0. The number of piperazine rings is 1. The lowest BCUT2D eigenvalue weighted by molar-refractivity contribution is -0.0723. The fourth-order valence-corrected chi connectivity index (χ4v) is 1.35. The molecule has 13 heavy (non-hydrogen) atoms. The Labute approximate surface area is 78.3 Å². The molecule has 1 aliphatic heterocycles. The van der Waals surface area contributed by atoms with Gasteiger partial charge in [-0.1, -0.05) is 13.8 Å². The van der Waals surface area contributed by atoms with E-state index in [1.807, 2.05) is 4.90 Å². The molecule has 0 bridgehead atoms. The summed E-state index contributed by atoms with van der Waals surface area (Å²) in [5.74, 6) is -3.11. The van der Waals surface area contributed by atoms with E-state index in [1.165, 1.54) is 0 Å². The highest BCUT2D eigenvalue weighted by Gasteiger charge is 2.35. The molecule has 1 rings (SSSR count). The largest absolute Gasteiger partial charge is 0.314 e. The van der Waals surface area contributed by atoms with Crippen LogP contribution in [0.1, 0.15) is 13.8 Å². The lowest BCUT2D eigenvalue weighted by Gasteiger charge is -2.32. The van der Waals surface area contributed by atoms with Crippen molar-refractivity contribution in [1.29, 1.82) is 0 Å². The van der Waals surface area contributed by atoms with E-state index in [-0.39, 0.29) is 6.54 Å². The molecule has 1 saturated heterocycles. The fourth-order valence-electron chi connectivity index (χ4n) is 1.35. The maximum Gasteiger partial charge on any atom is 0.262 e. The van der Waals surface area contributed by atoms with Crippen LogP contribution < -0.4 is 5.32 Å². The summed E-state index contributed by atoms with van der Waals surface area (Å²) < 4.78 is 26.5. The van der Waals surface area contributed by atoms with Crippen LogP contribution in [0.25, 0.3) is 0 Å². The van der Waals surface area contributed by atoms with E-state index in [2.05, 4.69) is 5.32 Å². The molecule has 0 unspecified atom stereocenters. The second-order valence-corrected chi connectivity index (χ2v) is 3.94. The minimum atomic E-state index is -2.54. The minimum absolute atomic E-state index is 0.0909. The molecule has 1 heterocycles. The lowest BCUT2D eigenvalue weighted by Crippen LogP contribution is -2.49. The average Bonchev–Trinajstić information content (AvgIpc) is 2.05. The predicted molar refractivity (Wildman–Crippen MR) is 49.1 cm³/mol. The molecule has 2 nitrogen and oxygen atoms in total. The molecule has 0 saturated carbocycles. The van der Waals surface area contributed by atoms with E-state index >= 15 is 0 Å². The van der Waals surface area contributed by atoms with Gasteiger partial charge >= 0.3 is 0 Å². The van der Waals surface area contributed by atoms with Gasteiger partial charge in [-0.25, -0.2) is 8.78 Å². The zero-order valence-electron chi connectivity index (χ0n) is 8.32. The Balaban J connectivity index is 2.37. The fraction of sp³-hybridized carbons (Fsp3) is 1.00. The highest BCUT2D eigenvalue weighted by molar-refractivity contribution is 4.78. The van der Waals surface area contributed by atoms with Gasteiger partial charge in [-0.05, 0) is 0 Å². The zero-order chi connectivity index (χ0) is 9.90. The van der Waals surface area contributed by atoms with Crippen LogP contribution in [-0.4, -0.2) is 43.5 Å². The van der Waals surface area contributed by atoms with Crippen LogP contribution in [0.4, 0.5) is 8.78 Å².